The fourth-order valence-electron chi connectivity index (χ4n) is 4.15. The Morgan fingerprint density at radius 3 is 2.53 bits per heavy atom. The summed E-state index contributed by atoms with van der Waals surface area (Å²) in [7, 11) is 0. The van der Waals surface area contributed by atoms with Gasteiger partial charge in [0.15, 0.2) is 23.0 Å². The molecule has 0 spiro atoms. The number of hydrogen-bond donors (Lipinski definition) is 1. The first-order valence-corrected chi connectivity index (χ1v) is 13.0. The molecule has 0 unspecified atom stereocenters. The molecule has 0 saturated heterocycles. The van der Waals surface area contributed by atoms with Crippen LogP contribution in [0.25, 0.3) is 0 Å². The quantitative estimate of drug-likeness (QED) is 0.277. The summed E-state index contributed by atoms with van der Waals surface area (Å²) in [6.45, 7) is 1.09. The van der Waals surface area contributed by atoms with Crippen molar-refractivity contribution >= 4 is 27.7 Å². The van der Waals surface area contributed by atoms with Crippen molar-refractivity contribution in [1.82, 2.24) is 15.4 Å². The van der Waals surface area contributed by atoms with E-state index in [-0.39, 0.29) is 30.8 Å². The summed E-state index contributed by atoms with van der Waals surface area (Å²) >= 11 is 3.49. The summed E-state index contributed by atoms with van der Waals surface area (Å²) in [6.07, 6.45) is 0.994. The van der Waals surface area contributed by atoms with E-state index in [9.17, 15) is 9.59 Å². The molecule has 0 bridgehead atoms. The summed E-state index contributed by atoms with van der Waals surface area (Å²) in [5.41, 5.74) is 3.10. The van der Waals surface area contributed by atoms with E-state index in [4.69, 9.17) is 14.0 Å². The van der Waals surface area contributed by atoms with Gasteiger partial charge < -0.3 is 24.2 Å². The third-order valence-corrected chi connectivity index (χ3v) is 6.61. The van der Waals surface area contributed by atoms with E-state index in [1.54, 1.807) is 11.0 Å². The molecule has 0 aliphatic carbocycles. The van der Waals surface area contributed by atoms with Crippen LogP contribution in [-0.4, -0.2) is 28.7 Å². The lowest BCUT2D eigenvalue weighted by Gasteiger charge is -2.22. The molecular weight excluding hydrogens is 550 g/mol. The molecule has 8 nitrogen and oxygen atoms in total. The van der Waals surface area contributed by atoms with E-state index in [1.807, 2.05) is 72.8 Å². The number of carbonyl (C=O) groups excluding carboxylic acids is 2. The predicted octanol–water partition coefficient (Wildman–Crippen LogP) is 5.26. The number of amides is 2. The Hall–Kier alpha value is -4.11. The van der Waals surface area contributed by atoms with Gasteiger partial charge in [0.05, 0.1) is 6.54 Å². The van der Waals surface area contributed by atoms with Crippen molar-refractivity contribution in [3.8, 4) is 11.5 Å². The van der Waals surface area contributed by atoms with Gasteiger partial charge in [-0.2, -0.15) is 0 Å². The molecule has 9 heteroatoms. The minimum absolute atomic E-state index is 0.0148. The van der Waals surface area contributed by atoms with E-state index < -0.39 is 0 Å². The lowest BCUT2D eigenvalue weighted by Crippen LogP contribution is -2.30. The smallest absolute Gasteiger partial charge is 0.273 e. The van der Waals surface area contributed by atoms with Crippen LogP contribution in [0.1, 0.15) is 39.4 Å². The molecule has 0 fully saturated rings. The minimum atomic E-state index is -0.369. The number of benzene rings is 3. The van der Waals surface area contributed by atoms with Gasteiger partial charge in [0.25, 0.3) is 5.91 Å². The SMILES string of the molecule is O=C(NCc1ccc2c(c1)OCO2)c1cc(CN(Cc2cccc(Br)c2)C(=O)CCc2ccccc2)on1. The highest BCUT2D eigenvalue weighted by atomic mass is 79.9. The van der Waals surface area contributed by atoms with Gasteiger partial charge in [0, 0.05) is 30.0 Å². The van der Waals surface area contributed by atoms with Crippen molar-refractivity contribution in [1.29, 1.82) is 0 Å². The first-order chi connectivity index (χ1) is 18.5. The van der Waals surface area contributed by atoms with Crippen LogP contribution in [-0.2, 0) is 30.8 Å². The van der Waals surface area contributed by atoms with Gasteiger partial charge in [0.2, 0.25) is 12.7 Å². The fraction of sp³-hybridized carbons (Fsp3) is 0.207. The van der Waals surface area contributed by atoms with E-state index in [1.165, 1.54) is 0 Å². The van der Waals surface area contributed by atoms with Crippen LogP contribution in [0.3, 0.4) is 0 Å². The largest absolute Gasteiger partial charge is 0.454 e. The summed E-state index contributed by atoms with van der Waals surface area (Å²) in [4.78, 5) is 27.7. The molecule has 4 aromatic rings. The monoisotopic (exact) mass is 575 g/mol. The molecule has 0 saturated carbocycles. The number of rotatable bonds is 10. The molecule has 1 N–H and O–H groups in total. The molecule has 1 aromatic heterocycles. The Kier molecular flexibility index (Phi) is 8.04. The molecule has 2 amide bonds. The number of aryl methyl sites for hydroxylation is 1. The summed E-state index contributed by atoms with van der Waals surface area (Å²) < 4.78 is 17.1. The molecule has 5 rings (SSSR count). The van der Waals surface area contributed by atoms with Crippen molar-refractivity contribution in [3.05, 3.63) is 111 Å². The van der Waals surface area contributed by atoms with Crippen LogP contribution in [0.15, 0.2) is 87.9 Å². The highest BCUT2D eigenvalue weighted by Crippen LogP contribution is 2.32. The molecule has 2 heterocycles. The molecule has 0 radical (unpaired) electrons. The zero-order valence-corrected chi connectivity index (χ0v) is 22.1. The highest BCUT2D eigenvalue weighted by molar-refractivity contribution is 9.10. The molecule has 38 heavy (non-hydrogen) atoms. The maximum atomic E-state index is 13.2. The number of aromatic nitrogens is 1. The average Bonchev–Trinajstić information content (AvgIpc) is 3.60. The van der Waals surface area contributed by atoms with Gasteiger partial charge in [0.1, 0.15) is 0 Å². The van der Waals surface area contributed by atoms with Crippen molar-refractivity contribution in [3.63, 3.8) is 0 Å². The predicted molar refractivity (Wildman–Crippen MR) is 143 cm³/mol. The average molecular weight is 576 g/mol. The number of hydrogen-bond acceptors (Lipinski definition) is 6. The van der Waals surface area contributed by atoms with Gasteiger partial charge in [-0.15, -0.1) is 0 Å². The maximum Gasteiger partial charge on any atom is 0.273 e. The lowest BCUT2D eigenvalue weighted by molar-refractivity contribution is -0.132. The lowest BCUT2D eigenvalue weighted by atomic mass is 10.1. The first-order valence-electron chi connectivity index (χ1n) is 12.2. The van der Waals surface area contributed by atoms with Crippen molar-refractivity contribution in [2.24, 2.45) is 0 Å². The maximum absolute atomic E-state index is 13.2. The van der Waals surface area contributed by atoms with Crippen LogP contribution in [0.5, 0.6) is 11.5 Å². The Bertz CT molecular complexity index is 1420. The Labute approximate surface area is 228 Å². The van der Waals surface area contributed by atoms with Crippen LogP contribution in [0.2, 0.25) is 0 Å². The van der Waals surface area contributed by atoms with Gasteiger partial charge in [-0.1, -0.05) is 69.6 Å². The van der Waals surface area contributed by atoms with E-state index >= 15 is 0 Å². The summed E-state index contributed by atoms with van der Waals surface area (Å²) in [6, 6.07) is 24.8. The van der Waals surface area contributed by atoms with Gasteiger partial charge in [-0.3, -0.25) is 9.59 Å². The number of halogens is 1. The van der Waals surface area contributed by atoms with Gasteiger partial charge >= 0.3 is 0 Å². The second-order valence-corrected chi connectivity index (χ2v) is 9.83. The molecular formula is C29H26BrN3O5. The van der Waals surface area contributed by atoms with Crippen LogP contribution < -0.4 is 14.8 Å². The molecule has 1 aliphatic heterocycles. The van der Waals surface area contributed by atoms with E-state index in [0.717, 1.165) is 21.2 Å². The summed E-state index contributed by atoms with van der Waals surface area (Å²) in [5, 5.41) is 6.77. The molecule has 3 aromatic carbocycles. The second kappa shape index (κ2) is 12.0. The fourth-order valence-corrected chi connectivity index (χ4v) is 4.60. The molecule has 194 valence electrons. The highest BCUT2D eigenvalue weighted by Gasteiger charge is 2.20. The zero-order valence-electron chi connectivity index (χ0n) is 20.6. The van der Waals surface area contributed by atoms with Crippen LogP contribution >= 0.6 is 15.9 Å². The summed E-state index contributed by atoms with van der Waals surface area (Å²) in [5.74, 6) is 1.39. The number of ether oxygens (including phenoxy) is 2. The zero-order chi connectivity index (χ0) is 26.3. The molecule has 0 atom stereocenters. The number of carbonyl (C=O) groups is 2. The van der Waals surface area contributed by atoms with Crippen molar-refractivity contribution in [2.45, 2.75) is 32.5 Å². The Balaban J connectivity index is 1.23. The third kappa shape index (κ3) is 6.60. The third-order valence-electron chi connectivity index (χ3n) is 6.11. The number of fused-ring (bicyclic) bond motifs is 1. The molecule has 1 aliphatic rings. The number of nitrogens with zero attached hydrogens (tertiary/aromatic N) is 2. The van der Waals surface area contributed by atoms with Crippen molar-refractivity contribution < 1.29 is 23.6 Å². The first kappa shape index (κ1) is 25.5. The Morgan fingerprint density at radius 1 is 0.868 bits per heavy atom. The minimum Gasteiger partial charge on any atom is -0.454 e. The standard InChI is InChI=1S/C29H26BrN3O5/c30-23-8-4-7-22(13-23)17-33(28(34)12-10-20-5-2-1-3-6-20)18-24-15-25(32-38-24)29(35)31-16-21-9-11-26-27(14-21)37-19-36-26/h1-9,11,13-15H,10,12,16-19H2,(H,31,35). The second-order valence-electron chi connectivity index (χ2n) is 8.91. The van der Waals surface area contributed by atoms with Gasteiger partial charge in [-0.25, -0.2) is 0 Å². The van der Waals surface area contributed by atoms with Crippen LogP contribution in [0.4, 0.5) is 0 Å². The van der Waals surface area contributed by atoms with E-state index in [2.05, 4.69) is 26.4 Å². The van der Waals surface area contributed by atoms with Crippen molar-refractivity contribution in [2.75, 3.05) is 6.79 Å². The van der Waals surface area contributed by atoms with Gasteiger partial charge in [-0.05, 0) is 47.4 Å². The topological polar surface area (TPSA) is 93.9 Å². The number of nitrogens with one attached hydrogen (secondary N) is 1. The van der Waals surface area contributed by atoms with E-state index in [0.29, 0.717) is 43.2 Å². The Morgan fingerprint density at radius 2 is 1.68 bits per heavy atom. The van der Waals surface area contributed by atoms with Crippen LogP contribution in [0, 0.1) is 0 Å². The normalized spacial score (nSPS) is 11.8.